The average molecular weight is 300 g/mol. The fraction of sp³-hybridized carbons (Fsp3) is 0.562. The maximum atomic E-state index is 13.4. The van der Waals surface area contributed by atoms with Gasteiger partial charge in [0.2, 0.25) is 0 Å². The van der Waals surface area contributed by atoms with Crippen molar-refractivity contribution in [3.8, 4) is 0 Å². The highest BCUT2D eigenvalue weighted by Crippen LogP contribution is 2.26. The number of likely N-dealkylation sites (N-methyl/N-ethyl adjacent to an activating group) is 1. The Labute approximate surface area is 125 Å². The second kappa shape index (κ2) is 7.19. The molecule has 0 bridgehead atoms. The number of benzene rings is 1. The molecule has 0 fully saturated rings. The lowest BCUT2D eigenvalue weighted by Crippen LogP contribution is -2.52. The molecule has 0 aliphatic carbocycles. The summed E-state index contributed by atoms with van der Waals surface area (Å²) < 4.78 is 13.4. The summed E-state index contributed by atoms with van der Waals surface area (Å²) in [5.74, 6) is -0.394. The number of hydrogen-bond donors (Lipinski definition) is 0. The first-order valence-electron chi connectivity index (χ1n) is 7.11. The zero-order valence-corrected chi connectivity index (χ0v) is 13.4. The van der Waals surface area contributed by atoms with E-state index in [0.717, 1.165) is 19.5 Å². The molecule has 0 heterocycles. The van der Waals surface area contributed by atoms with Gasteiger partial charge in [-0.1, -0.05) is 44.5 Å². The van der Waals surface area contributed by atoms with Crippen molar-refractivity contribution in [2.24, 2.45) is 0 Å². The van der Waals surface area contributed by atoms with Crippen molar-refractivity contribution in [1.82, 2.24) is 4.90 Å². The van der Waals surface area contributed by atoms with Crippen molar-refractivity contribution in [1.29, 1.82) is 0 Å². The molecule has 0 aliphatic rings. The van der Waals surface area contributed by atoms with Crippen LogP contribution in [0.1, 0.15) is 39.7 Å². The van der Waals surface area contributed by atoms with E-state index in [4.69, 9.17) is 11.6 Å². The third kappa shape index (κ3) is 3.39. The van der Waals surface area contributed by atoms with Crippen LogP contribution in [-0.2, 0) is 11.2 Å². The molecule has 1 rings (SSSR count). The molecule has 0 aliphatic heterocycles. The van der Waals surface area contributed by atoms with Gasteiger partial charge in [0.25, 0.3) is 0 Å². The third-order valence-corrected chi connectivity index (χ3v) is 4.56. The van der Waals surface area contributed by atoms with Gasteiger partial charge in [0.1, 0.15) is 5.82 Å². The molecule has 4 heteroatoms. The summed E-state index contributed by atoms with van der Waals surface area (Å²) in [5.41, 5.74) is 0.0302. The molecule has 1 aromatic rings. The van der Waals surface area contributed by atoms with E-state index >= 15 is 0 Å². The summed E-state index contributed by atoms with van der Waals surface area (Å²) in [4.78, 5) is 14.8. The van der Waals surface area contributed by atoms with E-state index in [1.54, 1.807) is 12.1 Å². The maximum Gasteiger partial charge on any atom is 0.157 e. The van der Waals surface area contributed by atoms with E-state index < -0.39 is 11.4 Å². The molecule has 0 saturated carbocycles. The molecule has 0 saturated heterocycles. The number of halogens is 2. The largest absolute Gasteiger partial charge is 0.297 e. The van der Waals surface area contributed by atoms with Crippen LogP contribution in [0.2, 0.25) is 5.02 Å². The Kier molecular flexibility index (Phi) is 6.15. The van der Waals surface area contributed by atoms with E-state index in [2.05, 4.69) is 4.90 Å². The highest BCUT2D eigenvalue weighted by atomic mass is 35.5. The lowest BCUT2D eigenvalue weighted by atomic mass is 9.87. The Morgan fingerprint density at radius 2 is 1.90 bits per heavy atom. The smallest absolute Gasteiger partial charge is 0.157 e. The van der Waals surface area contributed by atoms with Crippen LogP contribution in [0.3, 0.4) is 0 Å². The molecule has 112 valence electrons. The number of ketones is 1. The van der Waals surface area contributed by atoms with Gasteiger partial charge in [0.15, 0.2) is 5.78 Å². The Morgan fingerprint density at radius 1 is 1.30 bits per heavy atom. The quantitative estimate of drug-likeness (QED) is 0.755. The number of nitrogens with zero attached hydrogens (tertiary/aromatic N) is 1. The third-order valence-electron chi connectivity index (χ3n) is 4.13. The predicted octanol–water partition coefficient (Wildman–Crippen LogP) is 4.10. The average Bonchev–Trinajstić information content (AvgIpc) is 2.44. The van der Waals surface area contributed by atoms with Gasteiger partial charge < -0.3 is 0 Å². The standard InChI is InChI=1S/C16H23ClFNO/c1-5-16(4,19(6-2)7-3)14(20)11-12-9-8-10-13(18)15(12)17/h8-10H,5-7,11H2,1-4H3. The van der Waals surface area contributed by atoms with Crippen LogP contribution >= 0.6 is 11.6 Å². The zero-order valence-electron chi connectivity index (χ0n) is 12.7. The van der Waals surface area contributed by atoms with Crippen molar-refractivity contribution < 1.29 is 9.18 Å². The molecule has 2 nitrogen and oxygen atoms in total. The van der Waals surface area contributed by atoms with Crippen molar-refractivity contribution in [2.75, 3.05) is 13.1 Å². The second-order valence-electron chi connectivity index (χ2n) is 5.11. The van der Waals surface area contributed by atoms with E-state index in [0.29, 0.717) is 5.56 Å². The lowest BCUT2D eigenvalue weighted by Gasteiger charge is -2.38. The predicted molar refractivity (Wildman–Crippen MR) is 81.7 cm³/mol. The Morgan fingerprint density at radius 3 is 2.40 bits per heavy atom. The van der Waals surface area contributed by atoms with Crippen molar-refractivity contribution >= 4 is 17.4 Å². The molecule has 20 heavy (non-hydrogen) atoms. The van der Waals surface area contributed by atoms with Crippen LogP contribution in [0.4, 0.5) is 4.39 Å². The molecular formula is C16H23ClFNO. The fourth-order valence-corrected chi connectivity index (χ4v) is 2.76. The van der Waals surface area contributed by atoms with E-state index in [1.165, 1.54) is 6.07 Å². The van der Waals surface area contributed by atoms with Gasteiger partial charge in [0, 0.05) is 6.42 Å². The van der Waals surface area contributed by atoms with Crippen LogP contribution in [0.25, 0.3) is 0 Å². The molecule has 0 N–H and O–H groups in total. The summed E-state index contributed by atoms with van der Waals surface area (Å²) in [6, 6.07) is 4.60. The van der Waals surface area contributed by atoms with E-state index in [9.17, 15) is 9.18 Å². The lowest BCUT2D eigenvalue weighted by molar-refractivity contribution is -0.129. The Balaban J connectivity index is 3.01. The molecule has 1 atom stereocenters. The maximum absolute atomic E-state index is 13.4. The number of carbonyl (C=O) groups is 1. The van der Waals surface area contributed by atoms with Crippen LogP contribution in [0.15, 0.2) is 18.2 Å². The van der Waals surface area contributed by atoms with Gasteiger partial charge >= 0.3 is 0 Å². The second-order valence-corrected chi connectivity index (χ2v) is 5.49. The van der Waals surface area contributed by atoms with Gasteiger partial charge in [-0.25, -0.2) is 4.39 Å². The first kappa shape index (κ1) is 17.1. The zero-order chi connectivity index (χ0) is 15.3. The highest BCUT2D eigenvalue weighted by molar-refractivity contribution is 6.31. The highest BCUT2D eigenvalue weighted by Gasteiger charge is 2.35. The Hall–Kier alpha value is -0.930. The minimum absolute atomic E-state index is 0.0545. The molecular weight excluding hydrogens is 277 g/mol. The summed E-state index contributed by atoms with van der Waals surface area (Å²) in [5, 5.41) is 0.0545. The molecule has 0 spiro atoms. The van der Waals surface area contributed by atoms with E-state index in [1.807, 2.05) is 27.7 Å². The molecule has 0 radical (unpaired) electrons. The van der Waals surface area contributed by atoms with Crippen LogP contribution in [-0.4, -0.2) is 29.3 Å². The SMILES string of the molecule is CCN(CC)C(C)(CC)C(=O)Cc1cccc(F)c1Cl. The first-order chi connectivity index (χ1) is 9.40. The Bertz CT molecular complexity index is 474. The summed E-state index contributed by atoms with van der Waals surface area (Å²) in [6.07, 6.45) is 0.887. The normalized spacial score (nSPS) is 14.3. The summed E-state index contributed by atoms with van der Waals surface area (Å²) in [7, 11) is 0. The van der Waals surface area contributed by atoms with Gasteiger partial charge in [-0.3, -0.25) is 9.69 Å². The van der Waals surface area contributed by atoms with Gasteiger partial charge in [-0.05, 0) is 38.1 Å². The summed E-state index contributed by atoms with van der Waals surface area (Å²) in [6.45, 7) is 9.66. The van der Waals surface area contributed by atoms with Crippen molar-refractivity contribution in [3.05, 3.63) is 34.6 Å². The molecule has 0 amide bonds. The number of Topliss-reactive ketones (excluding diaryl/α,β-unsaturated/α-hetero) is 1. The topological polar surface area (TPSA) is 20.3 Å². The molecule has 1 aromatic carbocycles. The van der Waals surface area contributed by atoms with Crippen LogP contribution in [0, 0.1) is 5.82 Å². The minimum atomic E-state index is -0.529. The van der Waals surface area contributed by atoms with Gasteiger partial charge in [-0.15, -0.1) is 0 Å². The number of hydrogen-bond acceptors (Lipinski definition) is 2. The van der Waals surface area contributed by atoms with Crippen molar-refractivity contribution in [3.63, 3.8) is 0 Å². The molecule has 0 aromatic heterocycles. The summed E-state index contributed by atoms with van der Waals surface area (Å²) >= 11 is 5.94. The number of rotatable bonds is 7. The molecule has 1 unspecified atom stereocenters. The fourth-order valence-electron chi connectivity index (χ4n) is 2.57. The first-order valence-corrected chi connectivity index (χ1v) is 7.49. The van der Waals surface area contributed by atoms with Gasteiger partial charge in [-0.2, -0.15) is 0 Å². The van der Waals surface area contributed by atoms with Crippen LogP contribution in [0.5, 0.6) is 0 Å². The van der Waals surface area contributed by atoms with Gasteiger partial charge in [0.05, 0.1) is 10.6 Å². The monoisotopic (exact) mass is 299 g/mol. The van der Waals surface area contributed by atoms with E-state index in [-0.39, 0.29) is 17.2 Å². The van der Waals surface area contributed by atoms with Crippen molar-refractivity contribution in [2.45, 2.75) is 46.1 Å². The van der Waals surface area contributed by atoms with Crippen LogP contribution < -0.4 is 0 Å². The minimum Gasteiger partial charge on any atom is -0.297 e. The number of carbonyl (C=O) groups excluding carboxylic acids is 1.